The summed E-state index contributed by atoms with van der Waals surface area (Å²) in [6, 6.07) is 17.1. The van der Waals surface area contributed by atoms with Gasteiger partial charge in [-0.1, -0.05) is 60.7 Å². The molecule has 0 aliphatic heterocycles. The van der Waals surface area contributed by atoms with Crippen molar-refractivity contribution >= 4 is 17.3 Å². The van der Waals surface area contributed by atoms with E-state index in [1.54, 1.807) is 12.1 Å². The van der Waals surface area contributed by atoms with E-state index in [9.17, 15) is 9.59 Å². The van der Waals surface area contributed by atoms with Crippen molar-refractivity contribution in [1.82, 2.24) is 0 Å². The minimum Gasteiger partial charge on any atom is -0.461 e. The van der Waals surface area contributed by atoms with Gasteiger partial charge in [0.25, 0.3) is 0 Å². The Morgan fingerprint density at radius 1 is 0.920 bits per heavy atom. The molecule has 0 saturated carbocycles. The first-order chi connectivity index (χ1) is 12.1. The molecule has 0 heterocycles. The molecule has 0 aliphatic carbocycles. The van der Waals surface area contributed by atoms with Gasteiger partial charge in [0.15, 0.2) is 5.78 Å². The summed E-state index contributed by atoms with van der Waals surface area (Å²) in [6.07, 6.45) is 1.90. The maximum absolute atomic E-state index is 11.4. The van der Waals surface area contributed by atoms with E-state index in [1.807, 2.05) is 48.5 Å². The molecule has 2 rings (SSSR count). The number of ether oxygens (including phenoxy) is 2. The molecule has 2 aromatic rings. The Labute approximate surface area is 148 Å². The number of ketones is 1. The second-order valence-electron chi connectivity index (χ2n) is 5.64. The summed E-state index contributed by atoms with van der Waals surface area (Å²) < 4.78 is 10.8. The van der Waals surface area contributed by atoms with E-state index in [0.717, 1.165) is 16.7 Å². The smallest absolute Gasteiger partial charge is 0.302 e. The first-order valence-corrected chi connectivity index (χ1v) is 8.11. The Bertz CT molecular complexity index is 730. The van der Waals surface area contributed by atoms with Gasteiger partial charge in [0, 0.05) is 12.5 Å². The summed E-state index contributed by atoms with van der Waals surface area (Å²) in [5, 5.41) is 0. The van der Waals surface area contributed by atoms with Gasteiger partial charge in [-0.3, -0.25) is 9.59 Å². The maximum Gasteiger partial charge on any atom is 0.302 e. The van der Waals surface area contributed by atoms with Crippen molar-refractivity contribution in [3.63, 3.8) is 0 Å². The Balaban J connectivity index is 2.03. The van der Waals surface area contributed by atoms with Crippen LogP contribution in [0.2, 0.25) is 0 Å². The van der Waals surface area contributed by atoms with Crippen molar-refractivity contribution in [3.8, 4) is 0 Å². The molecule has 0 radical (unpaired) electrons. The van der Waals surface area contributed by atoms with Gasteiger partial charge >= 0.3 is 5.97 Å². The second kappa shape index (κ2) is 9.55. The SMILES string of the molecule is CC(=O)OC/C(=C\COCc1ccccc1)c1ccc(C(C)=O)cc1. The summed E-state index contributed by atoms with van der Waals surface area (Å²) in [5.74, 6) is -0.320. The number of Topliss-reactive ketones (excluding diaryl/α,β-unsaturated/α-hetero) is 1. The van der Waals surface area contributed by atoms with Crippen LogP contribution in [0.1, 0.15) is 35.3 Å². The van der Waals surface area contributed by atoms with E-state index in [2.05, 4.69) is 0 Å². The number of hydrogen-bond donors (Lipinski definition) is 0. The van der Waals surface area contributed by atoms with Crippen LogP contribution in [0.15, 0.2) is 60.7 Å². The highest BCUT2D eigenvalue weighted by Crippen LogP contribution is 2.17. The Morgan fingerprint density at radius 3 is 2.16 bits per heavy atom. The molecule has 0 N–H and O–H groups in total. The molecule has 4 nitrogen and oxygen atoms in total. The number of esters is 1. The zero-order valence-corrected chi connectivity index (χ0v) is 14.5. The fourth-order valence-corrected chi connectivity index (χ4v) is 2.27. The van der Waals surface area contributed by atoms with Gasteiger partial charge in [-0.25, -0.2) is 0 Å². The molecule has 0 unspecified atom stereocenters. The zero-order valence-electron chi connectivity index (χ0n) is 14.5. The van der Waals surface area contributed by atoms with Crippen LogP contribution >= 0.6 is 0 Å². The fourth-order valence-electron chi connectivity index (χ4n) is 2.27. The molecule has 0 aliphatic rings. The van der Waals surface area contributed by atoms with E-state index in [4.69, 9.17) is 9.47 Å². The summed E-state index contributed by atoms with van der Waals surface area (Å²) in [7, 11) is 0. The molecule has 0 amide bonds. The standard InChI is InChI=1S/C21H22O4/c1-16(22)19-8-10-20(11-9-19)21(15-25-17(2)23)12-13-24-14-18-6-4-3-5-7-18/h3-12H,13-15H2,1-2H3/b21-12+. The zero-order chi connectivity index (χ0) is 18.1. The molecular weight excluding hydrogens is 316 g/mol. The third kappa shape index (κ3) is 6.36. The average Bonchev–Trinajstić information content (AvgIpc) is 2.62. The molecule has 0 fully saturated rings. The molecule has 130 valence electrons. The van der Waals surface area contributed by atoms with Crippen molar-refractivity contribution in [3.05, 3.63) is 77.4 Å². The van der Waals surface area contributed by atoms with Crippen LogP contribution in [-0.2, 0) is 20.9 Å². The number of rotatable bonds is 8. The van der Waals surface area contributed by atoms with E-state index >= 15 is 0 Å². The predicted molar refractivity (Wildman–Crippen MR) is 97.2 cm³/mol. The lowest BCUT2D eigenvalue weighted by Crippen LogP contribution is -2.04. The fraction of sp³-hybridized carbons (Fsp3) is 0.238. The van der Waals surface area contributed by atoms with E-state index < -0.39 is 0 Å². The Morgan fingerprint density at radius 2 is 1.56 bits per heavy atom. The summed E-state index contributed by atoms with van der Waals surface area (Å²) >= 11 is 0. The Hall–Kier alpha value is -2.72. The highest BCUT2D eigenvalue weighted by molar-refractivity contribution is 5.94. The van der Waals surface area contributed by atoms with Crippen LogP contribution in [0.4, 0.5) is 0 Å². The van der Waals surface area contributed by atoms with E-state index in [0.29, 0.717) is 18.8 Å². The molecule has 0 saturated heterocycles. The molecule has 0 aromatic heterocycles. The highest BCUT2D eigenvalue weighted by atomic mass is 16.5. The van der Waals surface area contributed by atoms with Gasteiger partial charge in [-0.05, 0) is 23.6 Å². The number of hydrogen-bond acceptors (Lipinski definition) is 4. The van der Waals surface area contributed by atoms with Crippen LogP contribution < -0.4 is 0 Å². The number of benzene rings is 2. The van der Waals surface area contributed by atoms with Gasteiger partial charge in [0.05, 0.1) is 13.2 Å². The topological polar surface area (TPSA) is 52.6 Å². The summed E-state index contributed by atoms with van der Waals surface area (Å²) in [6.45, 7) is 4.00. The largest absolute Gasteiger partial charge is 0.461 e. The predicted octanol–water partition coefficient (Wildman–Crippen LogP) is 4.05. The van der Waals surface area contributed by atoms with Crippen LogP contribution in [0.25, 0.3) is 5.57 Å². The maximum atomic E-state index is 11.4. The van der Waals surface area contributed by atoms with Crippen LogP contribution in [0.5, 0.6) is 0 Å². The molecule has 0 atom stereocenters. The normalized spacial score (nSPS) is 11.2. The highest BCUT2D eigenvalue weighted by Gasteiger charge is 2.06. The van der Waals surface area contributed by atoms with Crippen LogP contribution in [0, 0.1) is 0 Å². The van der Waals surface area contributed by atoms with Gasteiger partial charge < -0.3 is 9.47 Å². The van der Waals surface area contributed by atoms with Gasteiger partial charge in [0.1, 0.15) is 6.61 Å². The minimum absolute atomic E-state index is 0.0169. The van der Waals surface area contributed by atoms with Crippen molar-refractivity contribution in [2.75, 3.05) is 13.2 Å². The molecule has 0 spiro atoms. The summed E-state index contributed by atoms with van der Waals surface area (Å²) in [5.41, 5.74) is 3.49. The van der Waals surface area contributed by atoms with E-state index in [1.165, 1.54) is 13.8 Å². The molecule has 4 heteroatoms. The van der Waals surface area contributed by atoms with Crippen molar-refractivity contribution in [2.24, 2.45) is 0 Å². The number of carbonyl (C=O) groups is 2. The molecule has 0 bridgehead atoms. The molecule has 2 aromatic carbocycles. The van der Waals surface area contributed by atoms with Gasteiger partial charge in [0.2, 0.25) is 0 Å². The van der Waals surface area contributed by atoms with Crippen LogP contribution in [-0.4, -0.2) is 25.0 Å². The lowest BCUT2D eigenvalue weighted by molar-refractivity contribution is -0.139. The summed E-state index contributed by atoms with van der Waals surface area (Å²) in [4.78, 5) is 22.5. The first kappa shape index (κ1) is 18.6. The number of carbonyl (C=O) groups excluding carboxylic acids is 2. The van der Waals surface area contributed by atoms with Crippen molar-refractivity contribution < 1.29 is 19.1 Å². The second-order valence-corrected chi connectivity index (χ2v) is 5.64. The monoisotopic (exact) mass is 338 g/mol. The van der Waals surface area contributed by atoms with Crippen LogP contribution in [0.3, 0.4) is 0 Å². The third-order valence-corrected chi connectivity index (χ3v) is 3.65. The average molecular weight is 338 g/mol. The van der Waals surface area contributed by atoms with Crippen molar-refractivity contribution in [1.29, 1.82) is 0 Å². The van der Waals surface area contributed by atoms with Crippen molar-refractivity contribution in [2.45, 2.75) is 20.5 Å². The molecule has 25 heavy (non-hydrogen) atoms. The van der Waals surface area contributed by atoms with Gasteiger partial charge in [-0.2, -0.15) is 0 Å². The quantitative estimate of drug-likeness (QED) is 0.414. The first-order valence-electron chi connectivity index (χ1n) is 8.11. The lowest BCUT2D eigenvalue weighted by Gasteiger charge is -2.10. The molecular formula is C21H22O4. The third-order valence-electron chi connectivity index (χ3n) is 3.65. The van der Waals surface area contributed by atoms with E-state index in [-0.39, 0.29) is 18.4 Å². The minimum atomic E-state index is -0.337. The Kier molecular flexibility index (Phi) is 7.11. The lowest BCUT2D eigenvalue weighted by atomic mass is 10.0. The van der Waals surface area contributed by atoms with Gasteiger partial charge in [-0.15, -0.1) is 0 Å².